The molecule has 3 N–H and O–H groups in total. The van der Waals surface area contributed by atoms with Crippen LogP contribution in [0.3, 0.4) is 0 Å². The number of hydrogen-bond donors (Lipinski definition) is 3. The molecule has 4 nitrogen and oxygen atoms in total. The lowest BCUT2D eigenvalue weighted by molar-refractivity contribution is -0.123. The van der Waals surface area contributed by atoms with Gasteiger partial charge in [0.05, 0.1) is 18.8 Å². The van der Waals surface area contributed by atoms with Crippen LogP contribution in [0.15, 0.2) is 48.6 Å². The molecule has 0 bridgehead atoms. The Morgan fingerprint density at radius 1 is 0.451 bits per heavy atom. The maximum absolute atomic E-state index is 12.4. The van der Waals surface area contributed by atoms with E-state index in [0.29, 0.717) is 6.42 Å². The molecular weight excluding hydrogens is 627 g/mol. The van der Waals surface area contributed by atoms with Crippen molar-refractivity contribution in [1.82, 2.24) is 5.32 Å². The second-order valence-corrected chi connectivity index (χ2v) is 15.1. The molecule has 0 aromatic heterocycles. The Kier molecular flexibility index (Phi) is 41.4. The summed E-state index contributed by atoms with van der Waals surface area (Å²) in [5.41, 5.74) is 0. The summed E-state index contributed by atoms with van der Waals surface area (Å²) in [6.45, 7) is 4.29. The van der Waals surface area contributed by atoms with Crippen LogP contribution in [-0.2, 0) is 4.79 Å². The fourth-order valence-corrected chi connectivity index (χ4v) is 6.56. The number of nitrogens with one attached hydrogen (secondary N) is 1. The fourth-order valence-electron chi connectivity index (χ4n) is 6.56. The van der Waals surface area contributed by atoms with E-state index in [2.05, 4.69) is 55.6 Å². The predicted molar refractivity (Wildman–Crippen MR) is 225 cm³/mol. The summed E-state index contributed by atoms with van der Waals surface area (Å²) in [7, 11) is 0. The monoisotopic (exact) mass is 714 g/mol. The Bertz CT molecular complexity index is 816. The molecule has 0 radical (unpaired) electrons. The summed E-state index contributed by atoms with van der Waals surface area (Å²) in [4.78, 5) is 12.4. The number of rotatable bonds is 40. The Hall–Kier alpha value is -1.65. The molecule has 51 heavy (non-hydrogen) atoms. The summed E-state index contributed by atoms with van der Waals surface area (Å²) in [5.74, 6) is -0.0825. The first-order valence-electron chi connectivity index (χ1n) is 22.4. The minimum absolute atomic E-state index is 0.0825. The van der Waals surface area contributed by atoms with Crippen LogP contribution >= 0.6 is 0 Å². The third kappa shape index (κ3) is 39.4. The van der Waals surface area contributed by atoms with E-state index in [-0.39, 0.29) is 12.5 Å². The fraction of sp³-hybridized carbons (Fsp3) is 0.809. The number of aliphatic hydroxyl groups is 2. The molecule has 2 atom stereocenters. The first-order chi connectivity index (χ1) is 25.2. The van der Waals surface area contributed by atoms with Gasteiger partial charge in [-0.3, -0.25) is 4.79 Å². The van der Waals surface area contributed by atoms with E-state index in [0.717, 1.165) is 38.5 Å². The van der Waals surface area contributed by atoms with Crippen molar-refractivity contribution in [2.75, 3.05) is 6.61 Å². The zero-order chi connectivity index (χ0) is 37.1. The molecular formula is C47H87NO3. The Morgan fingerprint density at radius 3 is 1.14 bits per heavy atom. The van der Waals surface area contributed by atoms with E-state index in [1.165, 1.54) is 167 Å². The van der Waals surface area contributed by atoms with E-state index in [9.17, 15) is 15.0 Å². The van der Waals surface area contributed by atoms with Crippen molar-refractivity contribution in [3.63, 3.8) is 0 Å². The van der Waals surface area contributed by atoms with Gasteiger partial charge in [-0.15, -0.1) is 0 Å². The maximum atomic E-state index is 12.4. The van der Waals surface area contributed by atoms with Gasteiger partial charge in [-0.1, -0.05) is 197 Å². The molecule has 0 spiro atoms. The van der Waals surface area contributed by atoms with Crippen molar-refractivity contribution in [1.29, 1.82) is 0 Å². The molecule has 0 aliphatic heterocycles. The molecule has 0 fully saturated rings. The van der Waals surface area contributed by atoms with Crippen molar-refractivity contribution in [2.45, 2.75) is 238 Å². The first-order valence-corrected chi connectivity index (χ1v) is 22.4. The van der Waals surface area contributed by atoms with E-state index >= 15 is 0 Å². The lowest BCUT2D eigenvalue weighted by Crippen LogP contribution is -2.45. The highest BCUT2D eigenvalue weighted by molar-refractivity contribution is 5.76. The van der Waals surface area contributed by atoms with Gasteiger partial charge in [-0.05, 0) is 70.6 Å². The summed E-state index contributed by atoms with van der Waals surface area (Å²) < 4.78 is 0. The minimum Gasteiger partial charge on any atom is -0.394 e. The van der Waals surface area contributed by atoms with E-state index in [1.807, 2.05) is 6.08 Å². The summed E-state index contributed by atoms with van der Waals surface area (Å²) in [6.07, 6.45) is 57.9. The van der Waals surface area contributed by atoms with Crippen LogP contribution in [-0.4, -0.2) is 34.9 Å². The molecule has 4 heteroatoms. The molecule has 1 amide bonds. The van der Waals surface area contributed by atoms with Crippen LogP contribution in [0.2, 0.25) is 0 Å². The van der Waals surface area contributed by atoms with Crippen LogP contribution in [0.1, 0.15) is 226 Å². The Labute approximate surface area is 318 Å². The molecule has 0 aliphatic rings. The van der Waals surface area contributed by atoms with E-state index < -0.39 is 12.1 Å². The Balaban J connectivity index is 3.64. The summed E-state index contributed by atoms with van der Waals surface area (Å²) in [5, 5.41) is 23.0. The molecule has 0 saturated carbocycles. The zero-order valence-electron chi connectivity index (χ0n) is 34.1. The van der Waals surface area contributed by atoms with Gasteiger partial charge < -0.3 is 15.5 Å². The number of aliphatic hydroxyl groups excluding tert-OH is 2. The molecule has 0 aromatic carbocycles. The molecule has 0 aromatic rings. The lowest BCUT2D eigenvalue weighted by Gasteiger charge is -2.19. The number of carbonyl (C=O) groups excluding carboxylic acids is 1. The molecule has 2 unspecified atom stereocenters. The van der Waals surface area contributed by atoms with Crippen LogP contribution < -0.4 is 5.32 Å². The van der Waals surface area contributed by atoms with Gasteiger partial charge in [-0.2, -0.15) is 0 Å². The number of amides is 1. The van der Waals surface area contributed by atoms with Gasteiger partial charge in [0.2, 0.25) is 5.91 Å². The largest absolute Gasteiger partial charge is 0.394 e. The van der Waals surface area contributed by atoms with E-state index in [1.54, 1.807) is 6.08 Å². The quantitative estimate of drug-likeness (QED) is 0.0437. The van der Waals surface area contributed by atoms with Crippen LogP contribution in [0.5, 0.6) is 0 Å². The smallest absolute Gasteiger partial charge is 0.220 e. The van der Waals surface area contributed by atoms with Crippen molar-refractivity contribution in [3.8, 4) is 0 Å². The van der Waals surface area contributed by atoms with Crippen molar-refractivity contribution in [2.24, 2.45) is 0 Å². The normalized spacial score (nSPS) is 13.4. The number of hydrogen-bond acceptors (Lipinski definition) is 3. The van der Waals surface area contributed by atoms with Crippen LogP contribution in [0, 0.1) is 0 Å². The third-order valence-electron chi connectivity index (χ3n) is 10.0. The van der Waals surface area contributed by atoms with Gasteiger partial charge in [-0.25, -0.2) is 0 Å². The number of unbranched alkanes of at least 4 members (excludes halogenated alkanes) is 27. The maximum Gasteiger partial charge on any atom is 0.220 e. The third-order valence-corrected chi connectivity index (χ3v) is 10.0. The minimum atomic E-state index is -0.872. The molecule has 0 saturated heterocycles. The van der Waals surface area contributed by atoms with Gasteiger partial charge >= 0.3 is 0 Å². The average molecular weight is 714 g/mol. The summed E-state index contributed by atoms with van der Waals surface area (Å²) >= 11 is 0. The topological polar surface area (TPSA) is 69.6 Å². The second-order valence-electron chi connectivity index (χ2n) is 15.1. The van der Waals surface area contributed by atoms with Crippen LogP contribution in [0.4, 0.5) is 0 Å². The van der Waals surface area contributed by atoms with Gasteiger partial charge in [0.15, 0.2) is 0 Å². The highest BCUT2D eigenvalue weighted by Gasteiger charge is 2.17. The SMILES string of the molecule is CCCCCCCCCC/C=C/CC/C=C/CC/C=C/C(O)C(CO)NC(=O)CCCCCCCCC/C=C\CCCCCCCCCCCC. The number of carbonyl (C=O) groups is 1. The van der Waals surface area contributed by atoms with Crippen LogP contribution in [0.25, 0.3) is 0 Å². The molecule has 0 aliphatic carbocycles. The lowest BCUT2D eigenvalue weighted by atomic mass is 10.1. The van der Waals surface area contributed by atoms with Crippen molar-refractivity contribution >= 4 is 5.91 Å². The van der Waals surface area contributed by atoms with E-state index in [4.69, 9.17) is 0 Å². The standard InChI is InChI=1S/C47H87NO3/c1-3-5-7-9-11-13-15-17-19-21-23-24-25-27-29-31-33-35-37-39-41-43-47(51)48-45(44-49)46(50)42-40-38-36-34-32-30-28-26-22-20-18-16-14-12-10-8-6-4-2/h22,24-26,32,34,40,42,45-46,49-50H,3-21,23,27-31,33,35-39,41,43-44H2,1-2H3,(H,48,51)/b25-24-,26-22+,34-32+,42-40+. The molecule has 298 valence electrons. The highest BCUT2D eigenvalue weighted by atomic mass is 16.3. The highest BCUT2D eigenvalue weighted by Crippen LogP contribution is 2.14. The van der Waals surface area contributed by atoms with Gasteiger partial charge in [0.1, 0.15) is 0 Å². The molecule has 0 rings (SSSR count). The predicted octanol–water partition coefficient (Wildman–Crippen LogP) is 14.0. The van der Waals surface area contributed by atoms with Crippen molar-refractivity contribution in [3.05, 3.63) is 48.6 Å². The second kappa shape index (κ2) is 42.8. The van der Waals surface area contributed by atoms with Gasteiger partial charge in [0, 0.05) is 6.42 Å². The Morgan fingerprint density at radius 2 is 0.765 bits per heavy atom. The zero-order valence-corrected chi connectivity index (χ0v) is 34.1. The average Bonchev–Trinajstić information content (AvgIpc) is 3.13. The first kappa shape index (κ1) is 49.4. The summed E-state index contributed by atoms with van der Waals surface area (Å²) in [6, 6.07) is -0.647. The van der Waals surface area contributed by atoms with Crippen molar-refractivity contribution < 1.29 is 15.0 Å². The molecule has 0 heterocycles. The number of allylic oxidation sites excluding steroid dienone is 7. The van der Waals surface area contributed by atoms with Gasteiger partial charge in [0.25, 0.3) is 0 Å².